The van der Waals surface area contributed by atoms with Crippen LogP contribution in [0.4, 0.5) is 4.39 Å². The van der Waals surface area contributed by atoms with Gasteiger partial charge in [0.2, 0.25) is 0 Å². The fourth-order valence-electron chi connectivity index (χ4n) is 3.37. The van der Waals surface area contributed by atoms with Crippen molar-refractivity contribution < 1.29 is 13.7 Å². The maximum Gasteiger partial charge on any atom is 0.259 e. The number of benzene rings is 1. The van der Waals surface area contributed by atoms with Crippen LogP contribution in [0.15, 0.2) is 22.7 Å². The molecule has 0 bridgehead atoms. The summed E-state index contributed by atoms with van der Waals surface area (Å²) in [6.07, 6.45) is 1.89. The highest BCUT2D eigenvalue weighted by atomic mass is 35.5. The van der Waals surface area contributed by atoms with Crippen LogP contribution in [0, 0.1) is 18.7 Å². The molecular formula is C19H23ClFN3O2. The van der Waals surface area contributed by atoms with E-state index in [1.54, 1.807) is 17.9 Å². The second-order valence-corrected chi connectivity index (χ2v) is 7.01. The highest BCUT2D eigenvalue weighted by Crippen LogP contribution is 2.34. The van der Waals surface area contributed by atoms with Crippen LogP contribution in [-0.4, -0.2) is 42.1 Å². The lowest BCUT2D eigenvalue weighted by molar-refractivity contribution is 0.0689. The van der Waals surface area contributed by atoms with Gasteiger partial charge in [-0.25, -0.2) is 4.39 Å². The third-order valence-corrected chi connectivity index (χ3v) is 5.18. The SMILES string of the molecule is CCNCC1CCN(C(=O)c2c(-c3c(F)cccc3Cl)noc2C)CC1. The second kappa shape index (κ2) is 8.18. The van der Waals surface area contributed by atoms with Gasteiger partial charge in [0.05, 0.1) is 10.6 Å². The lowest BCUT2D eigenvalue weighted by Gasteiger charge is -2.32. The third-order valence-electron chi connectivity index (χ3n) is 4.86. The van der Waals surface area contributed by atoms with Gasteiger partial charge in [-0.15, -0.1) is 0 Å². The van der Waals surface area contributed by atoms with Crippen LogP contribution >= 0.6 is 11.6 Å². The van der Waals surface area contributed by atoms with Crippen molar-refractivity contribution in [3.8, 4) is 11.3 Å². The zero-order valence-electron chi connectivity index (χ0n) is 15.0. The highest BCUT2D eigenvalue weighted by molar-refractivity contribution is 6.33. The van der Waals surface area contributed by atoms with Crippen LogP contribution in [0.3, 0.4) is 0 Å². The number of nitrogens with zero attached hydrogens (tertiary/aromatic N) is 2. The van der Waals surface area contributed by atoms with E-state index >= 15 is 0 Å². The van der Waals surface area contributed by atoms with Crippen molar-refractivity contribution in [2.45, 2.75) is 26.7 Å². The number of carbonyl (C=O) groups excluding carboxylic acids is 1. The topological polar surface area (TPSA) is 58.4 Å². The summed E-state index contributed by atoms with van der Waals surface area (Å²) in [5.41, 5.74) is 0.573. The molecule has 26 heavy (non-hydrogen) atoms. The number of nitrogens with one attached hydrogen (secondary N) is 1. The molecule has 5 nitrogen and oxygen atoms in total. The Labute approximate surface area is 157 Å². The van der Waals surface area contributed by atoms with Crippen LogP contribution < -0.4 is 5.32 Å². The average molecular weight is 380 g/mol. The monoisotopic (exact) mass is 379 g/mol. The molecule has 1 saturated heterocycles. The van der Waals surface area contributed by atoms with Gasteiger partial charge < -0.3 is 14.7 Å². The predicted octanol–water partition coefficient (Wildman–Crippen LogP) is 3.90. The van der Waals surface area contributed by atoms with Crippen molar-refractivity contribution >= 4 is 17.5 Å². The molecule has 2 aromatic rings. The standard InChI is InChI=1S/C19H23ClFN3O2/c1-3-22-11-13-7-9-24(10-8-13)19(25)16-12(2)26-23-18(16)17-14(20)5-4-6-15(17)21/h4-6,13,22H,3,7-11H2,1-2H3. The molecule has 3 rings (SSSR count). The van der Waals surface area contributed by atoms with Gasteiger partial charge in [0.25, 0.3) is 5.91 Å². The molecule has 1 fully saturated rings. The fraction of sp³-hybridized carbons (Fsp3) is 0.474. The van der Waals surface area contributed by atoms with Crippen LogP contribution in [0.2, 0.25) is 5.02 Å². The summed E-state index contributed by atoms with van der Waals surface area (Å²) in [5.74, 6) is 0.242. The van der Waals surface area contributed by atoms with Crippen molar-refractivity contribution in [2.75, 3.05) is 26.2 Å². The van der Waals surface area contributed by atoms with Crippen molar-refractivity contribution in [3.63, 3.8) is 0 Å². The first kappa shape index (κ1) is 18.9. The van der Waals surface area contributed by atoms with Gasteiger partial charge in [0.1, 0.15) is 22.8 Å². The Morgan fingerprint density at radius 3 is 2.81 bits per heavy atom. The Hall–Kier alpha value is -1.92. The number of hydrogen-bond donors (Lipinski definition) is 1. The molecule has 1 N–H and O–H groups in total. The quantitative estimate of drug-likeness (QED) is 0.855. The number of amides is 1. The van der Waals surface area contributed by atoms with E-state index in [-0.39, 0.29) is 22.2 Å². The van der Waals surface area contributed by atoms with Crippen molar-refractivity contribution in [1.29, 1.82) is 0 Å². The fourth-order valence-corrected chi connectivity index (χ4v) is 3.62. The van der Waals surface area contributed by atoms with Crippen molar-refractivity contribution in [2.24, 2.45) is 5.92 Å². The molecule has 1 aromatic carbocycles. The number of piperidine rings is 1. The zero-order valence-corrected chi connectivity index (χ0v) is 15.8. The van der Waals surface area contributed by atoms with Gasteiger partial charge >= 0.3 is 0 Å². The smallest absolute Gasteiger partial charge is 0.259 e. The number of likely N-dealkylation sites (tertiary alicyclic amines) is 1. The van der Waals surface area contributed by atoms with Crippen LogP contribution in [0.25, 0.3) is 11.3 Å². The molecule has 140 valence electrons. The van der Waals surface area contributed by atoms with E-state index in [9.17, 15) is 9.18 Å². The molecule has 0 spiro atoms. The molecule has 0 aliphatic carbocycles. The molecule has 0 saturated carbocycles. The molecule has 0 radical (unpaired) electrons. The maximum atomic E-state index is 14.3. The summed E-state index contributed by atoms with van der Waals surface area (Å²) >= 11 is 6.15. The van der Waals surface area contributed by atoms with E-state index in [0.29, 0.717) is 30.3 Å². The number of aromatic nitrogens is 1. The van der Waals surface area contributed by atoms with Gasteiger partial charge in [0, 0.05) is 13.1 Å². The Bertz CT molecular complexity index is 765. The Morgan fingerprint density at radius 2 is 2.15 bits per heavy atom. The van der Waals surface area contributed by atoms with Gasteiger partial charge in [-0.05, 0) is 50.9 Å². The van der Waals surface area contributed by atoms with Gasteiger partial charge in [0.15, 0.2) is 0 Å². The van der Waals surface area contributed by atoms with E-state index in [4.69, 9.17) is 16.1 Å². The van der Waals surface area contributed by atoms with Gasteiger partial charge in [-0.3, -0.25) is 4.79 Å². The Kier molecular flexibility index (Phi) is 5.94. The van der Waals surface area contributed by atoms with Crippen molar-refractivity contribution in [3.05, 3.63) is 40.4 Å². The lowest BCUT2D eigenvalue weighted by Crippen LogP contribution is -2.41. The summed E-state index contributed by atoms with van der Waals surface area (Å²) in [6.45, 7) is 7.01. The number of rotatable bonds is 5. The van der Waals surface area contributed by atoms with Gasteiger partial charge in [-0.2, -0.15) is 0 Å². The van der Waals surface area contributed by atoms with Crippen molar-refractivity contribution in [1.82, 2.24) is 15.4 Å². The lowest BCUT2D eigenvalue weighted by atomic mass is 9.95. The molecule has 0 atom stereocenters. The number of carbonyl (C=O) groups is 1. The summed E-state index contributed by atoms with van der Waals surface area (Å²) < 4.78 is 19.5. The molecular weight excluding hydrogens is 357 g/mol. The molecule has 2 heterocycles. The van der Waals surface area contributed by atoms with Crippen LogP contribution in [-0.2, 0) is 0 Å². The Morgan fingerprint density at radius 1 is 1.42 bits per heavy atom. The second-order valence-electron chi connectivity index (χ2n) is 6.60. The van der Waals surface area contributed by atoms with Crippen LogP contribution in [0.1, 0.15) is 35.9 Å². The first-order chi connectivity index (χ1) is 12.5. The molecule has 1 aliphatic rings. The minimum Gasteiger partial charge on any atom is -0.360 e. The minimum atomic E-state index is -0.524. The van der Waals surface area contributed by atoms with Crippen LogP contribution in [0.5, 0.6) is 0 Å². The zero-order chi connectivity index (χ0) is 18.7. The molecule has 1 aliphatic heterocycles. The van der Waals surface area contributed by atoms with E-state index in [1.165, 1.54) is 12.1 Å². The van der Waals surface area contributed by atoms with E-state index in [0.717, 1.165) is 25.9 Å². The number of aryl methyl sites for hydroxylation is 1. The summed E-state index contributed by atoms with van der Waals surface area (Å²) in [5, 5.41) is 7.48. The van der Waals surface area contributed by atoms with E-state index < -0.39 is 5.82 Å². The average Bonchev–Trinajstić information content (AvgIpc) is 3.01. The molecule has 1 aromatic heterocycles. The first-order valence-corrected chi connectivity index (χ1v) is 9.31. The van der Waals surface area contributed by atoms with Gasteiger partial charge in [-0.1, -0.05) is 29.7 Å². The maximum absolute atomic E-state index is 14.3. The summed E-state index contributed by atoms with van der Waals surface area (Å²) in [7, 11) is 0. The highest BCUT2D eigenvalue weighted by Gasteiger charge is 2.30. The summed E-state index contributed by atoms with van der Waals surface area (Å²) in [4.78, 5) is 14.9. The normalized spacial score (nSPS) is 15.5. The number of halogens is 2. The minimum absolute atomic E-state index is 0.108. The molecule has 0 unspecified atom stereocenters. The largest absolute Gasteiger partial charge is 0.360 e. The third kappa shape index (κ3) is 3.76. The van der Waals surface area contributed by atoms with E-state index in [2.05, 4.69) is 17.4 Å². The summed E-state index contributed by atoms with van der Waals surface area (Å²) in [6, 6.07) is 4.39. The van der Waals surface area contributed by atoms with E-state index in [1.807, 2.05) is 0 Å². The predicted molar refractivity (Wildman–Crippen MR) is 98.8 cm³/mol. The number of hydrogen-bond acceptors (Lipinski definition) is 4. The first-order valence-electron chi connectivity index (χ1n) is 8.93. The molecule has 1 amide bonds. The Balaban J connectivity index is 1.82. The molecule has 7 heteroatoms.